The van der Waals surface area contributed by atoms with Crippen LogP contribution in [0.15, 0.2) is 0 Å². The van der Waals surface area contributed by atoms with E-state index in [-0.39, 0.29) is 0 Å². The van der Waals surface area contributed by atoms with Crippen molar-refractivity contribution in [1.29, 1.82) is 0 Å². The highest BCUT2D eigenvalue weighted by atomic mass is 31.2. The molecule has 0 saturated carbocycles. The van der Waals surface area contributed by atoms with E-state index in [1.807, 2.05) is 0 Å². The summed E-state index contributed by atoms with van der Waals surface area (Å²) in [5.41, 5.74) is 0. The number of rotatable bonds is 1. The second kappa shape index (κ2) is 3.66. The number of hydrogen-bond acceptors (Lipinski definition) is 2. The highest BCUT2D eigenvalue weighted by Gasteiger charge is 2.24. The van der Waals surface area contributed by atoms with Gasteiger partial charge < -0.3 is 9.05 Å². The summed E-state index contributed by atoms with van der Waals surface area (Å²) in [5, 5.41) is 0. The van der Waals surface area contributed by atoms with Crippen LogP contribution in [0, 0.1) is 5.92 Å². The molecule has 1 saturated heterocycles. The summed E-state index contributed by atoms with van der Waals surface area (Å²) in [6.07, 6.45) is 1.41. The SMILES string of the molecule is CCP1OCC(C)C(C)O1. The Kier molecular flexibility index (Phi) is 3.09. The van der Waals surface area contributed by atoms with Crippen LogP contribution in [0.4, 0.5) is 0 Å². The molecule has 0 radical (unpaired) electrons. The Morgan fingerprint density at radius 2 is 2.20 bits per heavy atom. The second-order valence-electron chi connectivity index (χ2n) is 2.73. The van der Waals surface area contributed by atoms with Gasteiger partial charge in [-0.2, -0.15) is 0 Å². The molecule has 1 fully saturated rings. The van der Waals surface area contributed by atoms with Gasteiger partial charge in [-0.1, -0.05) is 13.8 Å². The molecule has 0 amide bonds. The van der Waals surface area contributed by atoms with Crippen LogP contribution in [0.5, 0.6) is 0 Å². The predicted octanol–water partition coefficient (Wildman–Crippen LogP) is 2.39. The van der Waals surface area contributed by atoms with Gasteiger partial charge in [0.25, 0.3) is 0 Å². The maximum absolute atomic E-state index is 5.59. The third kappa shape index (κ3) is 1.91. The van der Waals surface area contributed by atoms with Gasteiger partial charge in [-0.15, -0.1) is 0 Å². The zero-order chi connectivity index (χ0) is 7.56. The summed E-state index contributed by atoms with van der Waals surface area (Å²) >= 11 is 0. The summed E-state index contributed by atoms with van der Waals surface area (Å²) in [6.45, 7) is 7.26. The van der Waals surface area contributed by atoms with Gasteiger partial charge in [0.15, 0.2) is 8.38 Å². The van der Waals surface area contributed by atoms with Crippen LogP contribution < -0.4 is 0 Å². The van der Waals surface area contributed by atoms with Crippen LogP contribution in [0.2, 0.25) is 0 Å². The Morgan fingerprint density at radius 1 is 1.50 bits per heavy atom. The molecular formula is C7H15O2P. The molecule has 0 aliphatic carbocycles. The first-order chi connectivity index (χ1) is 4.74. The molecule has 10 heavy (non-hydrogen) atoms. The van der Waals surface area contributed by atoms with E-state index < -0.39 is 8.38 Å². The fourth-order valence-electron chi connectivity index (χ4n) is 0.822. The lowest BCUT2D eigenvalue weighted by atomic mass is 10.1. The van der Waals surface area contributed by atoms with Crippen molar-refractivity contribution in [1.82, 2.24) is 0 Å². The molecule has 0 aromatic heterocycles. The van der Waals surface area contributed by atoms with Crippen molar-refractivity contribution in [2.75, 3.05) is 12.8 Å². The van der Waals surface area contributed by atoms with Gasteiger partial charge in [0, 0.05) is 12.1 Å². The Bertz CT molecular complexity index is 108. The van der Waals surface area contributed by atoms with Crippen LogP contribution in [0.3, 0.4) is 0 Å². The van der Waals surface area contributed by atoms with Gasteiger partial charge in [0.1, 0.15) is 0 Å². The summed E-state index contributed by atoms with van der Waals surface area (Å²) in [5.74, 6) is 0.560. The van der Waals surface area contributed by atoms with Crippen LogP contribution >= 0.6 is 8.38 Å². The van der Waals surface area contributed by atoms with Crippen molar-refractivity contribution in [3.8, 4) is 0 Å². The highest BCUT2D eigenvalue weighted by molar-refractivity contribution is 7.47. The van der Waals surface area contributed by atoms with Crippen molar-refractivity contribution in [2.45, 2.75) is 26.9 Å². The molecule has 0 spiro atoms. The van der Waals surface area contributed by atoms with E-state index in [0.29, 0.717) is 12.0 Å². The monoisotopic (exact) mass is 162 g/mol. The third-order valence-electron chi connectivity index (χ3n) is 1.82. The molecule has 60 valence electrons. The lowest BCUT2D eigenvalue weighted by Gasteiger charge is -2.31. The Morgan fingerprint density at radius 3 is 2.70 bits per heavy atom. The van der Waals surface area contributed by atoms with E-state index in [4.69, 9.17) is 9.05 Å². The first-order valence-electron chi connectivity index (χ1n) is 3.81. The van der Waals surface area contributed by atoms with Gasteiger partial charge in [-0.05, 0) is 6.92 Å². The first-order valence-corrected chi connectivity index (χ1v) is 5.17. The van der Waals surface area contributed by atoms with Crippen molar-refractivity contribution in [3.63, 3.8) is 0 Å². The average molecular weight is 162 g/mol. The van der Waals surface area contributed by atoms with Gasteiger partial charge in [-0.25, -0.2) is 0 Å². The zero-order valence-corrected chi connectivity index (χ0v) is 7.73. The zero-order valence-electron chi connectivity index (χ0n) is 6.83. The van der Waals surface area contributed by atoms with E-state index in [2.05, 4.69) is 20.8 Å². The minimum atomic E-state index is -0.535. The lowest BCUT2D eigenvalue weighted by Crippen LogP contribution is -2.25. The fraction of sp³-hybridized carbons (Fsp3) is 1.00. The number of hydrogen-bond donors (Lipinski definition) is 0. The normalized spacial score (nSPS) is 41.7. The molecule has 1 rings (SSSR count). The average Bonchev–Trinajstić information content (AvgIpc) is 1.95. The molecule has 0 aromatic carbocycles. The third-order valence-corrected chi connectivity index (χ3v) is 3.35. The summed E-state index contributed by atoms with van der Waals surface area (Å²) in [7, 11) is -0.535. The van der Waals surface area contributed by atoms with Crippen molar-refractivity contribution in [3.05, 3.63) is 0 Å². The van der Waals surface area contributed by atoms with Gasteiger partial charge in [0.05, 0.1) is 12.7 Å². The van der Waals surface area contributed by atoms with E-state index in [1.54, 1.807) is 0 Å². The Labute approximate surface area is 63.8 Å². The molecule has 3 unspecified atom stereocenters. The van der Waals surface area contributed by atoms with Crippen LogP contribution in [0.25, 0.3) is 0 Å². The van der Waals surface area contributed by atoms with Crippen molar-refractivity contribution in [2.24, 2.45) is 5.92 Å². The van der Waals surface area contributed by atoms with E-state index in [0.717, 1.165) is 12.8 Å². The van der Waals surface area contributed by atoms with E-state index in [1.165, 1.54) is 0 Å². The van der Waals surface area contributed by atoms with Crippen molar-refractivity contribution < 1.29 is 9.05 Å². The molecule has 1 aliphatic heterocycles. The minimum Gasteiger partial charge on any atom is -0.334 e. The van der Waals surface area contributed by atoms with Gasteiger partial charge in [0.2, 0.25) is 0 Å². The molecule has 0 bridgehead atoms. The standard InChI is InChI=1S/C7H15O2P/c1-4-10-8-5-6(2)7(3)9-10/h6-7H,4-5H2,1-3H3. The smallest absolute Gasteiger partial charge is 0.170 e. The fourth-order valence-corrected chi connectivity index (χ4v) is 2.19. The largest absolute Gasteiger partial charge is 0.334 e. The maximum Gasteiger partial charge on any atom is 0.170 e. The first kappa shape index (κ1) is 8.45. The quantitative estimate of drug-likeness (QED) is 0.551. The highest BCUT2D eigenvalue weighted by Crippen LogP contribution is 2.44. The van der Waals surface area contributed by atoms with Crippen LogP contribution in [-0.2, 0) is 9.05 Å². The van der Waals surface area contributed by atoms with Crippen LogP contribution in [-0.4, -0.2) is 18.9 Å². The van der Waals surface area contributed by atoms with E-state index in [9.17, 15) is 0 Å². The molecule has 0 aromatic rings. The second-order valence-corrected chi connectivity index (χ2v) is 4.50. The molecule has 0 N–H and O–H groups in total. The van der Waals surface area contributed by atoms with Crippen molar-refractivity contribution >= 4 is 8.38 Å². The van der Waals surface area contributed by atoms with Crippen LogP contribution in [0.1, 0.15) is 20.8 Å². The van der Waals surface area contributed by atoms with Gasteiger partial charge >= 0.3 is 0 Å². The topological polar surface area (TPSA) is 18.5 Å². The summed E-state index contributed by atoms with van der Waals surface area (Å²) in [4.78, 5) is 0. The molecular weight excluding hydrogens is 147 g/mol. The lowest BCUT2D eigenvalue weighted by molar-refractivity contribution is 0.0680. The molecule has 3 heteroatoms. The predicted molar refractivity (Wildman–Crippen MR) is 43.1 cm³/mol. The molecule has 3 atom stereocenters. The molecule has 2 nitrogen and oxygen atoms in total. The minimum absolute atomic E-state index is 0.389. The maximum atomic E-state index is 5.59. The van der Waals surface area contributed by atoms with E-state index >= 15 is 0 Å². The Hall–Kier alpha value is 0.350. The van der Waals surface area contributed by atoms with Gasteiger partial charge in [-0.3, -0.25) is 0 Å². The molecule has 1 heterocycles. The summed E-state index contributed by atoms with van der Waals surface area (Å²) < 4.78 is 11.0. The Balaban J connectivity index is 2.33. The summed E-state index contributed by atoms with van der Waals surface area (Å²) in [6, 6.07) is 0. The molecule has 1 aliphatic rings.